The lowest BCUT2D eigenvalue weighted by Gasteiger charge is -2.12. The Bertz CT molecular complexity index is 303. The van der Waals surface area contributed by atoms with Crippen LogP contribution in [0, 0.1) is 5.92 Å². The lowest BCUT2D eigenvalue weighted by Crippen LogP contribution is -2.32. The van der Waals surface area contributed by atoms with Crippen molar-refractivity contribution in [3.05, 3.63) is 0 Å². The SMILES string of the molecule is CCO[C@@H]1OC(=O)C[C@@H]1C.CCO[C@@H]1OC(=O)C[C@@H]1N. The van der Waals surface area contributed by atoms with Crippen molar-refractivity contribution in [1.29, 1.82) is 0 Å². The largest absolute Gasteiger partial charge is 0.435 e. The zero-order valence-corrected chi connectivity index (χ0v) is 12.2. The molecule has 7 heteroatoms. The second-order valence-electron chi connectivity index (χ2n) is 4.68. The second-order valence-corrected chi connectivity index (χ2v) is 4.68. The van der Waals surface area contributed by atoms with Gasteiger partial charge in [-0.05, 0) is 13.8 Å². The van der Waals surface area contributed by atoms with E-state index in [0.29, 0.717) is 19.6 Å². The maximum atomic E-state index is 10.6. The number of nitrogens with two attached hydrogens (primary N) is 1. The Morgan fingerprint density at radius 2 is 1.55 bits per heavy atom. The highest BCUT2D eigenvalue weighted by Gasteiger charge is 2.32. The number of hydrogen-bond donors (Lipinski definition) is 1. The van der Waals surface area contributed by atoms with Gasteiger partial charge in [0.15, 0.2) is 0 Å². The molecule has 2 rings (SSSR count). The van der Waals surface area contributed by atoms with Gasteiger partial charge in [0.25, 0.3) is 0 Å². The standard InChI is InChI=1S/C7H12O3.C6H11NO3/c1-3-9-7-5(2)4-6(8)10-7;1-2-9-6-4(7)3-5(8)10-6/h5,7H,3-4H2,1-2H3;4,6H,2-3,7H2,1H3/t5-,7+;4-,6+/m00/s1. The fraction of sp³-hybridized carbons (Fsp3) is 0.846. The molecule has 0 aromatic heterocycles. The Balaban J connectivity index is 0.000000200. The van der Waals surface area contributed by atoms with Crippen LogP contribution in [-0.2, 0) is 28.5 Å². The van der Waals surface area contributed by atoms with Gasteiger partial charge in [0.1, 0.15) is 0 Å². The van der Waals surface area contributed by atoms with E-state index in [1.165, 1.54) is 0 Å². The summed E-state index contributed by atoms with van der Waals surface area (Å²) in [6.45, 7) is 6.79. The van der Waals surface area contributed by atoms with Gasteiger partial charge in [0.05, 0.1) is 18.9 Å². The van der Waals surface area contributed by atoms with Gasteiger partial charge in [-0.1, -0.05) is 6.92 Å². The van der Waals surface area contributed by atoms with Crippen LogP contribution >= 0.6 is 0 Å². The smallest absolute Gasteiger partial charge is 0.309 e. The molecule has 20 heavy (non-hydrogen) atoms. The zero-order chi connectivity index (χ0) is 15.1. The average molecular weight is 289 g/mol. The van der Waals surface area contributed by atoms with Crippen LogP contribution in [0.15, 0.2) is 0 Å². The predicted molar refractivity (Wildman–Crippen MR) is 69.4 cm³/mol. The molecule has 0 amide bonds. The molecule has 2 N–H and O–H groups in total. The third-order valence-electron chi connectivity index (χ3n) is 2.86. The molecule has 0 bridgehead atoms. The molecule has 2 aliphatic rings. The molecular weight excluding hydrogens is 266 g/mol. The van der Waals surface area contributed by atoms with Crippen LogP contribution in [0.2, 0.25) is 0 Å². The summed E-state index contributed by atoms with van der Waals surface area (Å²) >= 11 is 0. The Morgan fingerprint density at radius 1 is 1.05 bits per heavy atom. The van der Waals surface area contributed by atoms with Crippen LogP contribution in [0.3, 0.4) is 0 Å². The number of carbonyl (C=O) groups is 2. The molecule has 0 saturated carbocycles. The van der Waals surface area contributed by atoms with E-state index in [4.69, 9.17) is 24.7 Å². The summed E-state index contributed by atoms with van der Waals surface area (Å²) in [4.78, 5) is 21.2. The van der Waals surface area contributed by atoms with Gasteiger partial charge < -0.3 is 24.7 Å². The Kier molecular flexibility index (Phi) is 6.90. The minimum absolute atomic E-state index is 0.147. The lowest BCUT2D eigenvalue weighted by atomic mass is 10.1. The van der Waals surface area contributed by atoms with E-state index in [9.17, 15) is 9.59 Å². The van der Waals surface area contributed by atoms with Crippen LogP contribution in [0.4, 0.5) is 0 Å². The number of rotatable bonds is 4. The number of hydrogen-bond acceptors (Lipinski definition) is 7. The Morgan fingerprint density at radius 3 is 1.95 bits per heavy atom. The van der Waals surface area contributed by atoms with Crippen LogP contribution in [-0.4, -0.2) is 43.8 Å². The van der Waals surface area contributed by atoms with Gasteiger partial charge in [-0.25, -0.2) is 0 Å². The first-order valence-electron chi connectivity index (χ1n) is 6.85. The Labute approximate surface area is 118 Å². The molecule has 2 aliphatic heterocycles. The lowest BCUT2D eigenvalue weighted by molar-refractivity contribution is -0.165. The summed E-state index contributed by atoms with van der Waals surface area (Å²) in [7, 11) is 0. The van der Waals surface area contributed by atoms with E-state index < -0.39 is 6.29 Å². The van der Waals surface area contributed by atoms with E-state index in [-0.39, 0.29) is 36.6 Å². The summed E-state index contributed by atoms with van der Waals surface area (Å²) in [5.41, 5.74) is 5.48. The number of cyclic esters (lactones) is 2. The van der Waals surface area contributed by atoms with Gasteiger partial charge in [-0.15, -0.1) is 0 Å². The molecule has 4 atom stereocenters. The van der Waals surface area contributed by atoms with Gasteiger partial charge in [-0.2, -0.15) is 0 Å². The minimum Gasteiger partial charge on any atom is -0.435 e. The fourth-order valence-corrected chi connectivity index (χ4v) is 1.89. The topological polar surface area (TPSA) is 97.1 Å². The summed E-state index contributed by atoms with van der Waals surface area (Å²) in [6, 6.07) is -0.285. The number of carbonyl (C=O) groups excluding carboxylic acids is 2. The molecule has 0 unspecified atom stereocenters. The van der Waals surface area contributed by atoms with Crippen LogP contribution in [0.25, 0.3) is 0 Å². The van der Waals surface area contributed by atoms with Gasteiger partial charge in [0, 0.05) is 19.1 Å². The summed E-state index contributed by atoms with van der Waals surface area (Å²) in [5, 5.41) is 0. The minimum atomic E-state index is -0.516. The van der Waals surface area contributed by atoms with Crippen molar-refractivity contribution >= 4 is 11.9 Å². The highest BCUT2D eigenvalue weighted by molar-refractivity contribution is 5.72. The van der Waals surface area contributed by atoms with Crippen LogP contribution < -0.4 is 5.73 Å². The summed E-state index contributed by atoms with van der Waals surface area (Å²) < 4.78 is 19.7. The number of ether oxygens (including phenoxy) is 4. The maximum Gasteiger partial charge on any atom is 0.309 e. The van der Waals surface area contributed by atoms with E-state index in [1.54, 1.807) is 0 Å². The monoisotopic (exact) mass is 289 g/mol. The van der Waals surface area contributed by atoms with Crippen molar-refractivity contribution in [2.75, 3.05) is 13.2 Å². The van der Waals surface area contributed by atoms with E-state index in [2.05, 4.69) is 0 Å². The summed E-state index contributed by atoms with van der Waals surface area (Å²) in [6.07, 6.45) is -0.0509. The molecule has 2 heterocycles. The molecule has 0 aromatic rings. The van der Waals surface area contributed by atoms with Gasteiger partial charge >= 0.3 is 11.9 Å². The van der Waals surface area contributed by atoms with Crippen molar-refractivity contribution < 1.29 is 28.5 Å². The average Bonchev–Trinajstić information content (AvgIpc) is 2.84. The molecular formula is C13H23NO6. The van der Waals surface area contributed by atoms with E-state index >= 15 is 0 Å². The van der Waals surface area contributed by atoms with Crippen molar-refractivity contribution in [1.82, 2.24) is 0 Å². The molecule has 2 saturated heterocycles. The Hall–Kier alpha value is -1.18. The first kappa shape index (κ1) is 16.9. The maximum absolute atomic E-state index is 10.6. The number of esters is 2. The normalized spacial score (nSPS) is 32.4. The van der Waals surface area contributed by atoms with Gasteiger partial charge in [0.2, 0.25) is 12.6 Å². The molecule has 0 radical (unpaired) electrons. The van der Waals surface area contributed by atoms with E-state index in [0.717, 1.165) is 0 Å². The third kappa shape index (κ3) is 5.07. The molecule has 0 aliphatic carbocycles. The first-order valence-corrected chi connectivity index (χ1v) is 6.85. The van der Waals surface area contributed by atoms with Crippen molar-refractivity contribution in [2.24, 2.45) is 11.7 Å². The van der Waals surface area contributed by atoms with Crippen molar-refractivity contribution in [3.8, 4) is 0 Å². The quantitative estimate of drug-likeness (QED) is 0.755. The van der Waals surface area contributed by atoms with Crippen LogP contribution in [0.1, 0.15) is 33.6 Å². The molecule has 0 spiro atoms. The van der Waals surface area contributed by atoms with Crippen LogP contribution in [0.5, 0.6) is 0 Å². The zero-order valence-electron chi connectivity index (χ0n) is 12.2. The van der Waals surface area contributed by atoms with E-state index in [1.807, 2.05) is 20.8 Å². The highest BCUT2D eigenvalue weighted by atomic mass is 16.7. The summed E-state index contributed by atoms with van der Waals surface area (Å²) in [5.74, 6) is -0.204. The fourth-order valence-electron chi connectivity index (χ4n) is 1.89. The first-order chi connectivity index (χ1) is 9.47. The predicted octanol–water partition coefficient (Wildman–Crippen LogP) is 0.555. The molecule has 7 nitrogen and oxygen atoms in total. The molecule has 2 fully saturated rings. The third-order valence-corrected chi connectivity index (χ3v) is 2.86. The van der Waals surface area contributed by atoms with Crippen molar-refractivity contribution in [2.45, 2.75) is 52.2 Å². The molecule has 116 valence electrons. The van der Waals surface area contributed by atoms with Crippen molar-refractivity contribution in [3.63, 3.8) is 0 Å². The van der Waals surface area contributed by atoms with Gasteiger partial charge in [-0.3, -0.25) is 9.59 Å². The second kappa shape index (κ2) is 8.18. The molecule has 0 aromatic carbocycles. The highest BCUT2D eigenvalue weighted by Crippen LogP contribution is 2.21.